The van der Waals surface area contributed by atoms with Crippen LogP contribution in [0.2, 0.25) is 0 Å². The van der Waals surface area contributed by atoms with E-state index in [1.807, 2.05) is 6.92 Å². The predicted octanol–water partition coefficient (Wildman–Crippen LogP) is 1.25. The summed E-state index contributed by atoms with van der Waals surface area (Å²) < 4.78 is 4.89. The van der Waals surface area contributed by atoms with Gasteiger partial charge in [-0.05, 0) is 12.8 Å². The second-order valence-electron chi connectivity index (χ2n) is 2.57. The first-order chi connectivity index (χ1) is 6.31. The standard InChI is InChI=1S/C9H18N2O2/c1-3-6-10-9(12)11-7-5-8-13-4-2/h4H,2-3,5-8H2,1H3,(H2,10,11,12). The third kappa shape index (κ3) is 8.72. The molecule has 0 aromatic carbocycles. The molecular weight excluding hydrogens is 168 g/mol. The van der Waals surface area contributed by atoms with Crippen LogP contribution in [0.5, 0.6) is 0 Å². The van der Waals surface area contributed by atoms with Gasteiger partial charge in [-0.15, -0.1) is 0 Å². The fourth-order valence-corrected chi connectivity index (χ4v) is 0.742. The average Bonchev–Trinajstić information content (AvgIpc) is 2.14. The van der Waals surface area contributed by atoms with Crippen LogP contribution in [-0.2, 0) is 4.74 Å². The molecule has 0 atom stereocenters. The molecule has 0 saturated heterocycles. The van der Waals surface area contributed by atoms with Gasteiger partial charge in [-0.2, -0.15) is 0 Å². The highest BCUT2D eigenvalue weighted by molar-refractivity contribution is 5.73. The van der Waals surface area contributed by atoms with Crippen molar-refractivity contribution in [1.82, 2.24) is 10.6 Å². The van der Waals surface area contributed by atoms with E-state index in [4.69, 9.17) is 4.74 Å². The van der Waals surface area contributed by atoms with Crippen LogP contribution in [-0.4, -0.2) is 25.7 Å². The van der Waals surface area contributed by atoms with E-state index in [-0.39, 0.29) is 6.03 Å². The van der Waals surface area contributed by atoms with Gasteiger partial charge in [0.05, 0.1) is 12.9 Å². The largest absolute Gasteiger partial charge is 0.502 e. The summed E-state index contributed by atoms with van der Waals surface area (Å²) >= 11 is 0. The van der Waals surface area contributed by atoms with Crippen molar-refractivity contribution >= 4 is 6.03 Å². The second kappa shape index (κ2) is 8.90. The average molecular weight is 186 g/mol. The Morgan fingerprint density at radius 3 is 2.77 bits per heavy atom. The van der Waals surface area contributed by atoms with Gasteiger partial charge in [-0.1, -0.05) is 13.5 Å². The van der Waals surface area contributed by atoms with Gasteiger partial charge in [0.2, 0.25) is 0 Å². The van der Waals surface area contributed by atoms with Crippen molar-refractivity contribution in [3.05, 3.63) is 12.8 Å². The maximum Gasteiger partial charge on any atom is 0.314 e. The zero-order valence-electron chi connectivity index (χ0n) is 8.14. The third-order valence-corrected chi connectivity index (χ3v) is 1.38. The summed E-state index contributed by atoms with van der Waals surface area (Å²) in [4.78, 5) is 11.0. The Labute approximate surface area is 79.3 Å². The summed E-state index contributed by atoms with van der Waals surface area (Å²) in [5.74, 6) is 0. The van der Waals surface area contributed by atoms with Gasteiger partial charge in [0, 0.05) is 13.1 Å². The highest BCUT2D eigenvalue weighted by atomic mass is 16.5. The monoisotopic (exact) mass is 186 g/mol. The Hall–Kier alpha value is -1.19. The number of hydrogen-bond acceptors (Lipinski definition) is 2. The molecule has 0 heterocycles. The molecule has 0 spiro atoms. The quantitative estimate of drug-likeness (QED) is 0.464. The maximum atomic E-state index is 11.0. The Morgan fingerprint density at radius 2 is 2.15 bits per heavy atom. The van der Waals surface area contributed by atoms with Crippen molar-refractivity contribution < 1.29 is 9.53 Å². The van der Waals surface area contributed by atoms with Crippen LogP contribution in [0.1, 0.15) is 19.8 Å². The van der Waals surface area contributed by atoms with Crippen molar-refractivity contribution in [3.8, 4) is 0 Å². The normalized spacial score (nSPS) is 9.00. The number of nitrogens with one attached hydrogen (secondary N) is 2. The first-order valence-electron chi connectivity index (χ1n) is 4.55. The van der Waals surface area contributed by atoms with Crippen LogP contribution in [0.25, 0.3) is 0 Å². The molecule has 4 heteroatoms. The zero-order chi connectivity index (χ0) is 9.94. The van der Waals surface area contributed by atoms with Gasteiger partial charge >= 0.3 is 6.03 Å². The Morgan fingerprint density at radius 1 is 1.46 bits per heavy atom. The van der Waals surface area contributed by atoms with Crippen molar-refractivity contribution in [2.75, 3.05) is 19.7 Å². The van der Waals surface area contributed by atoms with Crippen LogP contribution < -0.4 is 10.6 Å². The summed E-state index contributed by atoms with van der Waals surface area (Å²) in [6.45, 7) is 7.36. The van der Waals surface area contributed by atoms with E-state index in [0.29, 0.717) is 13.2 Å². The summed E-state index contributed by atoms with van der Waals surface area (Å²) in [5, 5.41) is 5.42. The van der Waals surface area contributed by atoms with Crippen molar-refractivity contribution in [3.63, 3.8) is 0 Å². The molecule has 0 radical (unpaired) electrons. The van der Waals surface area contributed by atoms with Gasteiger partial charge in [0.15, 0.2) is 0 Å². The third-order valence-electron chi connectivity index (χ3n) is 1.38. The summed E-state index contributed by atoms with van der Waals surface area (Å²) in [5.41, 5.74) is 0. The van der Waals surface area contributed by atoms with E-state index in [9.17, 15) is 4.79 Å². The summed E-state index contributed by atoms with van der Waals surface area (Å²) in [6, 6.07) is -0.111. The van der Waals surface area contributed by atoms with Crippen molar-refractivity contribution in [1.29, 1.82) is 0 Å². The zero-order valence-corrected chi connectivity index (χ0v) is 8.14. The molecule has 0 aliphatic heterocycles. The Balaban J connectivity index is 3.12. The lowest BCUT2D eigenvalue weighted by atomic mass is 10.4. The number of carbonyl (C=O) groups excluding carboxylic acids is 1. The van der Waals surface area contributed by atoms with Crippen molar-refractivity contribution in [2.45, 2.75) is 19.8 Å². The number of rotatable bonds is 7. The number of hydrogen-bond donors (Lipinski definition) is 2. The Kier molecular flexibility index (Phi) is 8.09. The van der Waals surface area contributed by atoms with Gasteiger partial charge < -0.3 is 15.4 Å². The first kappa shape index (κ1) is 11.8. The summed E-state index contributed by atoms with van der Waals surface area (Å²) in [7, 11) is 0. The second-order valence-corrected chi connectivity index (χ2v) is 2.57. The van der Waals surface area contributed by atoms with E-state index < -0.39 is 0 Å². The maximum absolute atomic E-state index is 11.0. The van der Waals surface area contributed by atoms with E-state index in [2.05, 4.69) is 17.2 Å². The topological polar surface area (TPSA) is 50.4 Å². The molecule has 0 fully saturated rings. The molecule has 0 aromatic rings. The highest BCUT2D eigenvalue weighted by Gasteiger charge is 1.95. The molecule has 0 saturated carbocycles. The molecule has 4 nitrogen and oxygen atoms in total. The number of urea groups is 1. The molecule has 76 valence electrons. The first-order valence-corrected chi connectivity index (χ1v) is 4.55. The van der Waals surface area contributed by atoms with Gasteiger partial charge in [0.1, 0.15) is 0 Å². The minimum absolute atomic E-state index is 0.111. The lowest BCUT2D eigenvalue weighted by molar-refractivity contribution is 0.232. The van der Waals surface area contributed by atoms with E-state index in [1.54, 1.807) is 0 Å². The van der Waals surface area contributed by atoms with Gasteiger partial charge in [-0.25, -0.2) is 4.79 Å². The molecule has 0 bridgehead atoms. The van der Waals surface area contributed by atoms with Gasteiger partial charge in [0.25, 0.3) is 0 Å². The minimum atomic E-state index is -0.111. The molecule has 0 aromatic heterocycles. The van der Waals surface area contributed by atoms with Crippen LogP contribution in [0, 0.1) is 0 Å². The molecule has 0 aliphatic carbocycles. The minimum Gasteiger partial charge on any atom is -0.502 e. The predicted molar refractivity (Wildman–Crippen MR) is 52.5 cm³/mol. The van der Waals surface area contributed by atoms with E-state index in [1.165, 1.54) is 6.26 Å². The van der Waals surface area contributed by atoms with Crippen LogP contribution in [0.4, 0.5) is 4.79 Å². The fourth-order valence-electron chi connectivity index (χ4n) is 0.742. The fraction of sp³-hybridized carbons (Fsp3) is 0.667. The van der Waals surface area contributed by atoms with Crippen molar-refractivity contribution in [2.24, 2.45) is 0 Å². The van der Waals surface area contributed by atoms with E-state index in [0.717, 1.165) is 19.4 Å². The molecule has 0 unspecified atom stereocenters. The Bertz CT molecular complexity index is 149. The number of amides is 2. The lowest BCUT2D eigenvalue weighted by Crippen LogP contribution is -2.36. The molecular formula is C9H18N2O2. The lowest BCUT2D eigenvalue weighted by Gasteiger charge is -2.05. The SMILES string of the molecule is C=COCCCNC(=O)NCCC. The molecule has 0 rings (SSSR count). The van der Waals surface area contributed by atoms with Crippen LogP contribution >= 0.6 is 0 Å². The molecule has 13 heavy (non-hydrogen) atoms. The molecule has 2 N–H and O–H groups in total. The van der Waals surface area contributed by atoms with Crippen LogP contribution in [0.3, 0.4) is 0 Å². The van der Waals surface area contributed by atoms with Crippen LogP contribution in [0.15, 0.2) is 12.8 Å². The molecule has 0 aliphatic rings. The van der Waals surface area contributed by atoms with Gasteiger partial charge in [-0.3, -0.25) is 0 Å². The van der Waals surface area contributed by atoms with E-state index >= 15 is 0 Å². The molecule has 2 amide bonds. The number of carbonyl (C=O) groups is 1. The number of ether oxygens (including phenoxy) is 1. The summed E-state index contributed by atoms with van der Waals surface area (Å²) in [6.07, 6.45) is 3.15. The smallest absolute Gasteiger partial charge is 0.314 e. The highest BCUT2D eigenvalue weighted by Crippen LogP contribution is 1.80.